The number of nitrogens with one attached hydrogen (secondary N) is 1. The van der Waals surface area contributed by atoms with Gasteiger partial charge >= 0.3 is 0 Å². The van der Waals surface area contributed by atoms with Gasteiger partial charge in [-0.3, -0.25) is 14.5 Å². The minimum Gasteiger partial charge on any atom is -0.408 e. The van der Waals surface area contributed by atoms with E-state index >= 15 is 0 Å². The second-order valence-electron chi connectivity index (χ2n) is 9.38. The van der Waals surface area contributed by atoms with Gasteiger partial charge in [0.2, 0.25) is 11.7 Å². The number of carbonyl (C=O) groups excluding carboxylic acids is 2. The standard InChI is InChI=1S/C25H36N4O3S/c1-17(2)16-20(22(30)24-27-28-25(32-24)33-18(3)4)26-23(31)21-12-8-9-14-29(21)15-13-19-10-6-5-7-11-19/h5-7,10-11,17-18,20-21H,8-9,12-16H2,1-4H3,(H,26,31)/t20-,21-/m0/s1. The normalized spacial score (nSPS) is 17.9. The summed E-state index contributed by atoms with van der Waals surface area (Å²) in [6.45, 7) is 9.83. The molecule has 1 amide bonds. The van der Waals surface area contributed by atoms with Crippen molar-refractivity contribution in [3.05, 3.63) is 41.8 Å². The topological polar surface area (TPSA) is 88.3 Å². The third-order valence-electron chi connectivity index (χ3n) is 5.74. The van der Waals surface area contributed by atoms with Crippen LogP contribution in [-0.4, -0.2) is 57.2 Å². The van der Waals surface area contributed by atoms with Crippen LogP contribution in [-0.2, 0) is 11.2 Å². The average Bonchev–Trinajstić information content (AvgIpc) is 3.25. The van der Waals surface area contributed by atoms with Gasteiger partial charge in [-0.05, 0) is 43.7 Å². The van der Waals surface area contributed by atoms with Crippen LogP contribution in [0.25, 0.3) is 0 Å². The molecule has 1 aliphatic rings. The molecule has 2 atom stereocenters. The van der Waals surface area contributed by atoms with Crippen LogP contribution in [0, 0.1) is 5.92 Å². The number of ketones is 1. The maximum atomic E-state index is 13.3. The molecule has 0 radical (unpaired) electrons. The van der Waals surface area contributed by atoms with E-state index in [1.54, 1.807) is 0 Å². The molecule has 1 N–H and O–H groups in total. The van der Waals surface area contributed by atoms with Crippen molar-refractivity contribution >= 4 is 23.5 Å². The summed E-state index contributed by atoms with van der Waals surface area (Å²) in [5, 5.41) is 11.6. The Morgan fingerprint density at radius 1 is 1.15 bits per heavy atom. The van der Waals surface area contributed by atoms with Crippen LogP contribution in [0.15, 0.2) is 40.0 Å². The fourth-order valence-electron chi connectivity index (χ4n) is 4.15. The van der Waals surface area contributed by atoms with Crippen LogP contribution in [0.4, 0.5) is 0 Å². The van der Waals surface area contributed by atoms with Gasteiger partial charge in [-0.2, -0.15) is 0 Å². The van der Waals surface area contributed by atoms with Gasteiger partial charge in [-0.15, -0.1) is 10.2 Å². The Balaban J connectivity index is 1.67. The molecule has 1 aliphatic heterocycles. The number of carbonyl (C=O) groups is 2. The van der Waals surface area contributed by atoms with Gasteiger partial charge in [-0.25, -0.2) is 0 Å². The van der Waals surface area contributed by atoms with Crippen LogP contribution in [0.1, 0.15) is 69.6 Å². The minimum absolute atomic E-state index is 0.0336. The van der Waals surface area contributed by atoms with Crippen LogP contribution >= 0.6 is 11.8 Å². The molecule has 3 rings (SSSR count). The minimum atomic E-state index is -0.673. The number of aromatic nitrogens is 2. The zero-order chi connectivity index (χ0) is 23.8. The van der Waals surface area contributed by atoms with Gasteiger partial charge in [0.25, 0.3) is 11.1 Å². The monoisotopic (exact) mass is 472 g/mol. The van der Waals surface area contributed by atoms with Gasteiger partial charge in [0.1, 0.15) is 0 Å². The van der Waals surface area contributed by atoms with E-state index < -0.39 is 6.04 Å². The third-order valence-corrected chi connectivity index (χ3v) is 6.58. The second-order valence-corrected chi connectivity index (χ2v) is 10.9. The lowest BCUT2D eigenvalue weighted by atomic mass is 9.97. The molecule has 33 heavy (non-hydrogen) atoms. The van der Waals surface area contributed by atoms with Crippen LogP contribution in [0.2, 0.25) is 0 Å². The van der Waals surface area contributed by atoms with E-state index in [0.29, 0.717) is 11.6 Å². The van der Waals surface area contributed by atoms with Gasteiger partial charge in [-0.1, -0.05) is 76.2 Å². The highest BCUT2D eigenvalue weighted by molar-refractivity contribution is 7.99. The molecular formula is C25H36N4O3S. The molecule has 7 nitrogen and oxygen atoms in total. The molecule has 0 spiro atoms. The zero-order valence-electron chi connectivity index (χ0n) is 20.1. The highest BCUT2D eigenvalue weighted by Crippen LogP contribution is 2.23. The van der Waals surface area contributed by atoms with Crippen molar-refractivity contribution in [2.45, 2.75) is 82.4 Å². The van der Waals surface area contributed by atoms with Gasteiger partial charge < -0.3 is 9.73 Å². The molecule has 1 aromatic heterocycles. The molecule has 1 aromatic carbocycles. The summed E-state index contributed by atoms with van der Waals surface area (Å²) < 4.78 is 5.58. The first-order valence-electron chi connectivity index (χ1n) is 12.0. The summed E-state index contributed by atoms with van der Waals surface area (Å²) in [6.07, 6.45) is 4.33. The predicted octanol–water partition coefficient (Wildman–Crippen LogP) is 4.38. The van der Waals surface area contributed by atoms with Crippen molar-refractivity contribution < 1.29 is 14.0 Å². The smallest absolute Gasteiger partial charge is 0.286 e. The predicted molar refractivity (Wildman–Crippen MR) is 130 cm³/mol. The summed E-state index contributed by atoms with van der Waals surface area (Å²) in [6, 6.07) is 9.44. The molecule has 1 saturated heterocycles. The summed E-state index contributed by atoms with van der Waals surface area (Å²) in [4.78, 5) is 28.7. The molecule has 180 valence electrons. The number of thioether (sulfide) groups is 1. The Hall–Kier alpha value is -2.19. The number of benzene rings is 1. The van der Waals surface area contributed by atoms with E-state index in [9.17, 15) is 9.59 Å². The molecule has 1 fully saturated rings. The lowest BCUT2D eigenvalue weighted by molar-refractivity contribution is -0.128. The number of piperidine rings is 1. The Kier molecular flexibility index (Phi) is 9.50. The molecule has 8 heteroatoms. The van der Waals surface area contributed by atoms with E-state index in [4.69, 9.17) is 4.42 Å². The number of hydrogen-bond acceptors (Lipinski definition) is 7. The molecule has 2 aromatic rings. The first-order valence-corrected chi connectivity index (χ1v) is 12.8. The lowest BCUT2D eigenvalue weighted by Gasteiger charge is -2.35. The Morgan fingerprint density at radius 3 is 2.61 bits per heavy atom. The summed E-state index contributed by atoms with van der Waals surface area (Å²) >= 11 is 1.42. The molecule has 0 aliphatic carbocycles. The number of nitrogens with zero attached hydrogens (tertiary/aromatic N) is 3. The highest BCUT2D eigenvalue weighted by atomic mass is 32.2. The zero-order valence-corrected chi connectivity index (χ0v) is 20.9. The lowest BCUT2D eigenvalue weighted by Crippen LogP contribution is -2.54. The van der Waals surface area contributed by atoms with Crippen LogP contribution in [0.5, 0.6) is 0 Å². The maximum absolute atomic E-state index is 13.3. The van der Waals surface area contributed by atoms with Crippen molar-refractivity contribution in [3.63, 3.8) is 0 Å². The van der Waals surface area contributed by atoms with E-state index in [1.165, 1.54) is 17.3 Å². The summed E-state index contributed by atoms with van der Waals surface area (Å²) in [5.41, 5.74) is 1.27. The number of likely N-dealkylation sites (tertiary alicyclic amines) is 1. The van der Waals surface area contributed by atoms with E-state index in [-0.39, 0.29) is 34.8 Å². The van der Waals surface area contributed by atoms with Gasteiger partial charge in [0, 0.05) is 11.8 Å². The largest absolute Gasteiger partial charge is 0.408 e. The van der Waals surface area contributed by atoms with Crippen molar-refractivity contribution in [1.82, 2.24) is 20.4 Å². The average molecular weight is 473 g/mol. The fourth-order valence-corrected chi connectivity index (χ4v) is 4.77. The fraction of sp³-hybridized carbons (Fsp3) is 0.600. The number of amides is 1. The van der Waals surface area contributed by atoms with E-state index in [1.807, 2.05) is 45.9 Å². The molecule has 0 saturated carbocycles. The Bertz CT molecular complexity index is 900. The molecule has 0 unspecified atom stereocenters. The molecule has 0 bridgehead atoms. The van der Waals surface area contributed by atoms with Crippen LogP contribution < -0.4 is 5.32 Å². The van der Waals surface area contributed by atoms with Crippen molar-refractivity contribution in [1.29, 1.82) is 0 Å². The molecular weight excluding hydrogens is 436 g/mol. The maximum Gasteiger partial charge on any atom is 0.286 e. The van der Waals surface area contributed by atoms with Gasteiger partial charge in [0.05, 0.1) is 12.1 Å². The summed E-state index contributed by atoms with van der Waals surface area (Å²) in [5.74, 6) is -0.203. The number of hydrogen-bond donors (Lipinski definition) is 1. The first kappa shape index (κ1) is 25.4. The van der Waals surface area contributed by atoms with Crippen molar-refractivity contribution in [3.8, 4) is 0 Å². The second kappa shape index (κ2) is 12.3. The number of rotatable bonds is 11. The van der Waals surface area contributed by atoms with Crippen molar-refractivity contribution in [2.24, 2.45) is 5.92 Å². The van der Waals surface area contributed by atoms with E-state index in [2.05, 4.69) is 32.5 Å². The van der Waals surface area contributed by atoms with Crippen LogP contribution in [0.3, 0.4) is 0 Å². The Labute approximate surface area is 201 Å². The number of Topliss-reactive ketones (excluding diaryl/α,β-unsaturated/α-hetero) is 1. The SMILES string of the molecule is CC(C)C[C@H](NC(=O)[C@@H]1CCCCN1CCc1ccccc1)C(=O)c1nnc(SC(C)C)o1. The van der Waals surface area contributed by atoms with Crippen molar-refractivity contribution in [2.75, 3.05) is 13.1 Å². The van der Waals surface area contributed by atoms with Gasteiger partial charge in [0.15, 0.2) is 0 Å². The first-order chi connectivity index (χ1) is 15.8. The van der Waals surface area contributed by atoms with E-state index in [0.717, 1.165) is 38.8 Å². The highest BCUT2D eigenvalue weighted by Gasteiger charge is 2.33. The Morgan fingerprint density at radius 2 is 1.91 bits per heavy atom. The summed E-state index contributed by atoms with van der Waals surface area (Å²) in [7, 11) is 0. The third kappa shape index (κ3) is 7.67. The molecule has 2 heterocycles. The quantitative estimate of drug-likeness (QED) is 0.383.